The highest BCUT2D eigenvalue weighted by molar-refractivity contribution is 7.98. The first kappa shape index (κ1) is 20.7. The fraction of sp³-hybridized carbons (Fsp3) is 0.409. The van der Waals surface area contributed by atoms with Gasteiger partial charge in [-0.15, -0.1) is 10.2 Å². The van der Waals surface area contributed by atoms with Crippen LogP contribution in [0.4, 0.5) is 0 Å². The molecule has 1 amide bonds. The molecule has 0 N–H and O–H groups in total. The second-order valence-electron chi connectivity index (χ2n) is 7.20. The molecule has 0 saturated carbocycles. The van der Waals surface area contributed by atoms with Crippen LogP contribution in [0.25, 0.3) is 11.6 Å². The minimum atomic E-state index is 0.121. The predicted octanol–water partition coefficient (Wildman–Crippen LogP) is 3.63. The number of nitrogens with zero attached hydrogens (tertiary/aromatic N) is 5. The molecule has 0 bridgehead atoms. The van der Waals surface area contributed by atoms with Gasteiger partial charge in [0, 0.05) is 44.0 Å². The molecule has 30 heavy (non-hydrogen) atoms. The number of hydrogen-bond donors (Lipinski definition) is 0. The zero-order chi connectivity index (χ0) is 20.9. The Morgan fingerprint density at radius 1 is 1.03 bits per heavy atom. The zero-order valence-electron chi connectivity index (χ0n) is 17.5. The maximum atomic E-state index is 13.2. The average molecular weight is 426 g/mol. The van der Waals surface area contributed by atoms with Gasteiger partial charge >= 0.3 is 0 Å². The summed E-state index contributed by atoms with van der Waals surface area (Å²) in [5.41, 5.74) is 1.80. The second kappa shape index (κ2) is 9.49. The first-order chi connectivity index (χ1) is 14.7. The predicted molar refractivity (Wildman–Crippen MR) is 117 cm³/mol. The third-order valence-electron chi connectivity index (χ3n) is 5.49. The number of furan rings is 1. The molecule has 1 aliphatic rings. The van der Waals surface area contributed by atoms with Crippen molar-refractivity contribution in [1.29, 1.82) is 0 Å². The van der Waals surface area contributed by atoms with E-state index in [-0.39, 0.29) is 5.91 Å². The molecular formula is C22H27N5O2S. The average Bonchev–Trinajstić information content (AvgIpc) is 3.47. The monoisotopic (exact) mass is 425 g/mol. The van der Waals surface area contributed by atoms with E-state index in [1.165, 1.54) is 0 Å². The molecule has 0 aliphatic carbocycles. The Kier molecular flexibility index (Phi) is 6.54. The number of likely N-dealkylation sites (N-methyl/N-ethyl adjacent to an activating group) is 1. The lowest BCUT2D eigenvalue weighted by atomic mass is 10.1. The lowest BCUT2D eigenvalue weighted by molar-refractivity contribution is 0.0642. The third kappa shape index (κ3) is 4.29. The molecule has 3 heterocycles. The van der Waals surface area contributed by atoms with Crippen LogP contribution in [0.1, 0.15) is 29.8 Å². The topological polar surface area (TPSA) is 67.4 Å². The maximum Gasteiger partial charge on any atom is 0.254 e. The molecule has 7 nitrogen and oxygen atoms in total. The van der Waals surface area contributed by atoms with Crippen molar-refractivity contribution in [3.05, 3.63) is 53.8 Å². The van der Waals surface area contributed by atoms with Crippen molar-refractivity contribution < 1.29 is 9.21 Å². The summed E-state index contributed by atoms with van der Waals surface area (Å²) >= 11 is 1.59. The highest BCUT2D eigenvalue weighted by Crippen LogP contribution is 2.28. The Labute approximate surface area is 181 Å². The highest BCUT2D eigenvalue weighted by Gasteiger charge is 2.23. The number of amides is 1. The number of aromatic nitrogens is 3. The zero-order valence-corrected chi connectivity index (χ0v) is 18.3. The van der Waals surface area contributed by atoms with Gasteiger partial charge in [-0.25, -0.2) is 0 Å². The van der Waals surface area contributed by atoms with Crippen LogP contribution < -0.4 is 0 Å². The Bertz CT molecular complexity index is 977. The number of benzene rings is 1. The van der Waals surface area contributed by atoms with Crippen LogP contribution in [0.2, 0.25) is 0 Å². The Morgan fingerprint density at radius 2 is 1.83 bits per heavy atom. The standard InChI is InChI=1S/C22H27N5O2S/c1-3-25-11-13-26(14-12-25)21(28)18-9-6-5-8-17(18)16-30-22-24-23-20(27(22)4-2)19-10-7-15-29-19/h5-10,15H,3-4,11-14,16H2,1-2H3. The summed E-state index contributed by atoms with van der Waals surface area (Å²) in [4.78, 5) is 17.5. The second-order valence-corrected chi connectivity index (χ2v) is 8.14. The van der Waals surface area contributed by atoms with Crippen molar-refractivity contribution in [3.63, 3.8) is 0 Å². The fourth-order valence-corrected chi connectivity index (χ4v) is 4.71. The number of rotatable bonds is 7. The molecule has 0 unspecified atom stereocenters. The minimum Gasteiger partial charge on any atom is -0.461 e. The van der Waals surface area contributed by atoms with Gasteiger partial charge in [0.2, 0.25) is 0 Å². The lowest BCUT2D eigenvalue weighted by Gasteiger charge is -2.34. The number of carbonyl (C=O) groups is 1. The van der Waals surface area contributed by atoms with Crippen molar-refractivity contribution in [2.24, 2.45) is 0 Å². The van der Waals surface area contributed by atoms with Crippen molar-refractivity contribution in [2.45, 2.75) is 31.3 Å². The molecule has 4 rings (SSSR count). The van der Waals surface area contributed by atoms with Crippen LogP contribution in [-0.2, 0) is 12.3 Å². The summed E-state index contributed by atoms with van der Waals surface area (Å²) in [7, 11) is 0. The molecule has 1 aromatic carbocycles. The first-order valence-corrected chi connectivity index (χ1v) is 11.4. The van der Waals surface area contributed by atoms with E-state index in [4.69, 9.17) is 4.42 Å². The number of hydrogen-bond acceptors (Lipinski definition) is 6. The van der Waals surface area contributed by atoms with E-state index in [0.29, 0.717) is 11.5 Å². The maximum absolute atomic E-state index is 13.2. The van der Waals surface area contributed by atoms with Crippen LogP contribution in [0.3, 0.4) is 0 Å². The van der Waals surface area contributed by atoms with Crippen molar-refractivity contribution in [2.75, 3.05) is 32.7 Å². The summed E-state index contributed by atoms with van der Waals surface area (Å²) in [5, 5.41) is 9.48. The van der Waals surface area contributed by atoms with E-state index in [1.54, 1.807) is 18.0 Å². The Morgan fingerprint density at radius 3 is 2.53 bits per heavy atom. The summed E-state index contributed by atoms with van der Waals surface area (Å²) in [6.45, 7) is 9.45. The van der Waals surface area contributed by atoms with Crippen molar-refractivity contribution in [3.8, 4) is 11.6 Å². The van der Waals surface area contributed by atoms with Gasteiger partial charge in [-0.3, -0.25) is 9.36 Å². The van der Waals surface area contributed by atoms with E-state index in [9.17, 15) is 4.79 Å². The van der Waals surface area contributed by atoms with Crippen molar-refractivity contribution in [1.82, 2.24) is 24.6 Å². The largest absolute Gasteiger partial charge is 0.461 e. The lowest BCUT2D eigenvalue weighted by Crippen LogP contribution is -2.48. The van der Waals surface area contributed by atoms with E-state index in [2.05, 4.69) is 28.9 Å². The molecule has 3 aromatic rings. The van der Waals surface area contributed by atoms with Gasteiger partial charge in [0.1, 0.15) is 0 Å². The molecule has 1 saturated heterocycles. The fourth-order valence-electron chi connectivity index (χ4n) is 3.70. The van der Waals surface area contributed by atoms with E-state index >= 15 is 0 Å². The molecule has 1 fully saturated rings. The smallest absolute Gasteiger partial charge is 0.254 e. The SMILES string of the molecule is CCN1CCN(C(=O)c2ccccc2CSc2nnc(-c3ccco3)n2CC)CC1. The quantitative estimate of drug-likeness (QED) is 0.539. The van der Waals surface area contributed by atoms with E-state index in [1.807, 2.05) is 45.9 Å². The molecular weight excluding hydrogens is 398 g/mol. The van der Waals surface area contributed by atoms with Gasteiger partial charge in [0.05, 0.1) is 6.26 Å². The van der Waals surface area contributed by atoms with Crippen molar-refractivity contribution >= 4 is 17.7 Å². The Hall–Kier alpha value is -2.58. The van der Waals surface area contributed by atoms with Gasteiger partial charge in [0.25, 0.3) is 5.91 Å². The third-order valence-corrected chi connectivity index (χ3v) is 6.50. The van der Waals surface area contributed by atoms with Crippen LogP contribution >= 0.6 is 11.8 Å². The van der Waals surface area contributed by atoms with Crippen LogP contribution in [0.5, 0.6) is 0 Å². The number of piperazine rings is 1. The summed E-state index contributed by atoms with van der Waals surface area (Å²) in [6.07, 6.45) is 1.64. The summed E-state index contributed by atoms with van der Waals surface area (Å²) in [5.74, 6) is 2.21. The summed E-state index contributed by atoms with van der Waals surface area (Å²) in [6, 6.07) is 11.6. The Balaban J connectivity index is 1.48. The molecule has 0 atom stereocenters. The molecule has 0 radical (unpaired) electrons. The molecule has 0 spiro atoms. The van der Waals surface area contributed by atoms with Crippen LogP contribution in [0, 0.1) is 0 Å². The minimum absolute atomic E-state index is 0.121. The van der Waals surface area contributed by atoms with E-state index in [0.717, 1.165) is 61.4 Å². The molecule has 1 aliphatic heterocycles. The number of carbonyl (C=O) groups excluding carboxylic acids is 1. The van der Waals surface area contributed by atoms with Gasteiger partial charge in [-0.2, -0.15) is 0 Å². The van der Waals surface area contributed by atoms with Gasteiger partial charge in [-0.05, 0) is 37.2 Å². The molecule has 8 heteroatoms. The number of thioether (sulfide) groups is 1. The molecule has 2 aromatic heterocycles. The van der Waals surface area contributed by atoms with Crippen LogP contribution in [0.15, 0.2) is 52.2 Å². The van der Waals surface area contributed by atoms with Gasteiger partial charge in [0.15, 0.2) is 16.7 Å². The van der Waals surface area contributed by atoms with Crippen LogP contribution in [-0.4, -0.2) is 63.2 Å². The molecule has 158 valence electrons. The highest BCUT2D eigenvalue weighted by atomic mass is 32.2. The summed E-state index contributed by atoms with van der Waals surface area (Å²) < 4.78 is 7.52. The normalized spacial score (nSPS) is 14.9. The van der Waals surface area contributed by atoms with Gasteiger partial charge in [-0.1, -0.05) is 36.9 Å². The first-order valence-electron chi connectivity index (χ1n) is 10.4. The van der Waals surface area contributed by atoms with E-state index < -0.39 is 0 Å². The van der Waals surface area contributed by atoms with Gasteiger partial charge < -0.3 is 14.2 Å².